The molecule has 1 saturated heterocycles. The second kappa shape index (κ2) is 11.6. The summed E-state index contributed by atoms with van der Waals surface area (Å²) in [4.78, 5) is 23.0. The van der Waals surface area contributed by atoms with Crippen molar-refractivity contribution in [1.29, 1.82) is 0 Å². The number of benzene rings is 1. The Labute approximate surface area is 213 Å². The van der Waals surface area contributed by atoms with Gasteiger partial charge in [-0.3, -0.25) is 0 Å². The quantitative estimate of drug-likeness (QED) is 0.617. The summed E-state index contributed by atoms with van der Waals surface area (Å²) >= 11 is 0. The summed E-state index contributed by atoms with van der Waals surface area (Å²) in [6.07, 6.45) is -3.92. The molecule has 0 aliphatic carbocycles. The molecule has 4 rings (SSSR count). The number of morpholine rings is 1. The van der Waals surface area contributed by atoms with Gasteiger partial charge in [-0.2, -0.15) is 22.5 Å². The highest BCUT2D eigenvalue weighted by atomic mass is 32.2. The molecule has 1 aromatic heterocycles. The number of rotatable bonds is 4. The van der Waals surface area contributed by atoms with Gasteiger partial charge in [-0.05, 0) is 25.5 Å². The van der Waals surface area contributed by atoms with Crippen molar-refractivity contribution in [2.75, 3.05) is 63.3 Å². The maximum atomic E-state index is 13.2. The van der Waals surface area contributed by atoms with Crippen molar-refractivity contribution < 1.29 is 36.2 Å². The molecule has 2 aliphatic heterocycles. The lowest BCUT2D eigenvalue weighted by Gasteiger charge is -2.28. The Kier molecular flexibility index (Phi) is 8.97. The number of anilines is 2. The molecule has 0 amide bonds. The van der Waals surface area contributed by atoms with E-state index >= 15 is 0 Å². The summed E-state index contributed by atoms with van der Waals surface area (Å²) < 4.78 is 65.1. The van der Waals surface area contributed by atoms with Crippen LogP contribution in [0.5, 0.6) is 0 Å². The Hall–Kier alpha value is -2.97. The van der Waals surface area contributed by atoms with Crippen molar-refractivity contribution in [3.8, 4) is 0 Å². The SMILES string of the molecule is Cc1ccc(S(=O)(=O)N2CCc3nc(N4CCOCC4)nc(N(C)C)c3CC2)cc1.O=C(O)C(F)(F)F. The molecule has 14 heteroatoms. The number of aliphatic carboxylic acids is 1. The molecule has 3 heterocycles. The molecule has 1 aromatic carbocycles. The molecule has 0 spiro atoms. The number of carboxylic acids is 1. The molecule has 2 aromatic rings. The van der Waals surface area contributed by atoms with E-state index in [1.54, 1.807) is 16.4 Å². The summed E-state index contributed by atoms with van der Waals surface area (Å²) in [5, 5.41) is 7.12. The number of alkyl halides is 3. The Balaban J connectivity index is 0.000000479. The predicted octanol–water partition coefficient (Wildman–Crippen LogP) is 2.11. The molecule has 204 valence electrons. The molecule has 0 unspecified atom stereocenters. The number of sulfonamides is 1. The van der Waals surface area contributed by atoms with Crippen LogP contribution >= 0.6 is 0 Å². The van der Waals surface area contributed by atoms with Gasteiger partial charge < -0.3 is 19.6 Å². The minimum Gasteiger partial charge on any atom is -0.475 e. The molecule has 1 fully saturated rings. The first-order chi connectivity index (χ1) is 17.3. The molecule has 1 N–H and O–H groups in total. The normalized spacial score (nSPS) is 16.8. The van der Waals surface area contributed by atoms with Gasteiger partial charge >= 0.3 is 12.1 Å². The third-order valence-corrected chi connectivity index (χ3v) is 7.80. The van der Waals surface area contributed by atoms with Crippen LogP contribution in [0.15, 0.2) is 29.2 Å². The monoisotopic (exact) mass is 545 g/mol. The van der Waals surface area contributed by atoms with Crippen molar-refractivity contribution in [2.45, 2.75) is 30.8 Å². The van der Waals surface area contributed by atoms with E-state index in [0.717, 1.165) is 35.7 Å². The molecule has 0 atom stereocenters. The number of halogens is 3. The zero-order valence-electron chi connectivity index (χ0n) is 20.8. The van der Waals surface area contributed by atoms with E-state index < -0.39 is 22.2 Å². The van der Waals surface area contributed by atoms with E-state index in [1.165, 1.54) is 0 Å². The standard InChI is InChI=1S/C21H29N5O3S.C2HF3O2/c1-16-4-6-17(7-5-16)30(27,28)26-10-8-18-19(9-11-26)22-21(23-20(18)24(2)3)25-12-14-29-15-13-25;3-2(4,5)1(6)7/h4-7H,8-15H2,1-3H3;(H,6,7). The van der Waals surface area contributed by atoms with Gasteiger partial charge in [-0.25, -0.2) is 18.2 Å². The van der Waals surface area contributed by atoms with E-state index in [2.05, 4.69) is 4.90 Å². The van der Waals surface area contributed by atoms with Crippen LogP contribution in [-0.2, 0) is 32.4 Å². The fourth-order valence-electron chi connectivity index (χ4n) is 3.92. The number of fused-ring (bicyclic) bond motifs is 1. The van der Waals surface area contributed by atoms with Crippen LogP contribution in [0.4, 0.5) is 24.9 Å². The highest BCUT2D eigenvalue weighted by Crippen LogP contribution is 2.28. The second-order valence-corrected chi connectivity index (χ2v) is 10.7. The maximum Gasteiger partial charge on any atom is 0.490 e. The van der Waals surface area contributed by atoms with Crippen LogP contribution in [0.1, 0.15) is 16.8 Å². The summed E-state index contributed by atoms with van der Waals surface area (Å²) in [5.41, 5.74) is 3.02. The first kappa shape index (κ1) is 28.6. The number of carboxylic acid groups (broad SMARTS) is 1. The van der Waals surface area contributed by atoms with E-state index in [0.29, 0.717) is 50.0 Å². The van der Waals surface area contributed by atoms with Crippen molar-refractivity contribution in [3.63, 3.8) is 0 Å². The minimum absolute atomic E-state index is 0.340. The predicted molar refractivity (Wildman–Crippen MR) is 130 cm³/mol. The highest BCUT2D eigenvalue weighted by Gasteiger charge is 2.38. The Bertz CT molecular complexity index is 1200. The third kappa shape index (κ3) is 7.08. The minimum atomic E-state index is -5.08. The average molecular weight is 546 g/mol. The van der Waals surface area contributed by atoms with Crippen molar-refractivity contribution in [3.05, 3.63) is 41.1 Å². The van der Waals surface area contributed by atoms with Gasteiger partial charge in [-0.1, -0.05) is 17.7 Å². The van der Waals surface area contributed by atoms with E-state index in [1.807, 2.05) is 38.1 Å². The summed E-state index contributed by atoms with van der Waals surface area (Å²) in [6.45, 7) is 5.65. The zero-order chi connectivity index (χ0) is 27.4. The van der Waals surface area contributed by atoms with Crippen LogP contribution in [0.25, 0.3) is 0 Å². The summed E-state index contributed by atoms with van der Waals surface area (Å²) in [7, 11) is 0.400. The average Bonchev–Trinajstić information content (AvgIpc) is 3.07. The third-order valence-electron chi connectivity index (χ3n) is 5.89. The number of nitrogens with zero attached hydrogens (tertiary/aromatic N) is 5. The number of hydrogen-bond acceptors (Lipinski definition) is 8. The number of aryl methyl sites for hydroxylation is 1. The van der Waals surface area contributed by atoms with Gasteiger partial charge in [0.05, 0.1) is 23.8 Å². The van der Waals surface area contributed by atoms with Gasteiger partial charge in [0.2, 0.25) is 16.0 Å². The topological polar surface area (TPSA) is 116 Å². The van der Waals surface area contributed by atoms with Gasteiger partial charge in [0.15, 0.2) is 0 Å². The molecule has 37 heavy (non-hydrogen) atoms. The maximum absolute atomic E-state index is 13.2. The van der Waals surface area contributed by atoms with E-state index in [4.69, 9.17) is 24.6 Å². The van der Waals surface area contributed by atoms with Gasteiger partial charge in [0.25, 0.3) is 0 Å². The van der Waals surface area contributed by atoms with Crippen molar-refractivity contribution in [1.82, 2.24) is 14.3 Å². The molecule has 0 radical (unpaired) electrons. The van der Waals surface area contributed by atoms with Crippen molar-refractivity contribution >= 4 is 27.8 Å². The fourth-order valence-corrected chi connectivity index (χ4v) is 5.36. The number of ether oxygens (including phenoxy) is 1. The second-order valence-electron chi connectivity index (χ2n) is 8.79. The van der Waals surface area contributed by atoms with E-state index in [9.17, 15) is 21.6 Å². The summed E-state index contributed by atoms with van der Waals surface area (Å²) in [5.74, 6) is -1.18. The molecular formula is C23H30F3N5O5S. The lowest BCUT2D eigenvalue weighted by Crippen LogP contribution is -2.38. The van der Waals surface area contributed by atoms with Crippen LogP contribution in [0.3, 0.4) is 0 Å². The zero-order valence-corrected chi connectivity index (χ0v) is 21.6. The highest BCUT2D eigenvalue weighted by molar-refractivity contribution is 7.89. The first-order valence-corrected chi connectivity index (χ1v) is 13.0. The Morgan fingerprint density at radius 3 is 2.14 bits per heavy atom. The number of aromatic nitrogens is 2. The molecule has 10 nitrogen and oxygen atoms in total. The van der Waals surface area contributed by atoms with Gasteiger partial charge in [0, 0.05) is 52.3 Å². The molecular weight excluding hydrogens is 515 g/mol. The molecule has 0 bridgehead atoms. The largest absolute Gasteiger partial charge is 0.490 e. The first-order valence-electron chi connectivity index (χ1n) is 11.6. The van der Waals surface area contributed by atoms with Crippen LogP contribution in [-0.4, -0.2) is 93.4 Å². The van der Waals surface area contributed by atoms with Gasteiger partial charge in [-0.15, -0.1) is 0 Å². The van der Waals surface area contributed by atoms with Crippen molar-refractivity contribution in [2.24, 2.45) is 0 Å². The Morgan fingerprint density at radius 2 is 1.59 bits per heavy atom. The van der Waals surface area contributed by atoms with Gasteiger partial charge in [0.1, 0.15) is 5.82 Å². The Morgan fingerprint density at radius 1 is 1.03 bits per heavy atom. The van der Waals surface area contributed by atoms with Crippen LogP contribution in [0, 0.1) is 6.92 Å². The lowest BCUT2D eigenvalue weighted by molar-refractivity contribution is -0.192. The number of hydrogen-bond donors (Lipinski definition) is 1. The lowest BCUT2D eigenvalue weighted by atomic mass is 10.1. The fraction of sp³-hybridized carbons (Fsp3) is 0.522. The molecule has 0 saturated carbocycles. The van der Waals surface area contributed by atoms with E-state index in [-0.39, 0.29) is 0 Å². The van der Waals surface area contributed by atoms with Crippen LogP contribution in [0.2, 0.25) is 0 Å². The number of carbonyl (C=O) groups is 1. The molecule has 2 aliphatic rings. The summed E-state index contributed by atoms with van der Waals surface area (Å²) in [6, 6.07) is 7.04. The smallest absolute Gasteiger partial charge is 0.475 e. The van der Waals surface area contributed by atoms with Crippen LogP contribution < -0.4 is 9.80 Å².